The number of rotatable bonds is 2. The first-order chi connectivity index (χ1) is 11.4. The van der Waals surface area contributed by atoms with E-state index in [1.54, 1.807) is 19.2 Å². The highest BCUT2D eigenvalue weighted by molar-refractivity contribution is 6.04. The summed E-state index contributed by atoms with van der Waals surface area (Å²) < 4.78 is 28.0. The number of carbonyl (C=O) groups excluding carboxylic acids is 1. The second kappa shape index (κ2) is 5.84. The zero-order valence-electron chi connectivity index (χ0n) is 12.9. The fourth-order valence-electron chi connectivity index (χ4n) is 2.35. The first-order valence-electron chi connectivity index (χ1n) is 7.13. The van der Waals surface area contributed by atoms with Gasteiger partial charge in [0.05, 0.1) is 11.3 Å². The molecule has 0 atom stereocenters. The summed E-state index contributed by atoms with van der Waals surface area (Å²) in [5.41, 5.74) is 0.708. The quantitative estimate of drug-likeness (QED) is 0.786. The molecule has 0 aliphatic heterocycles. The highest BCUT2D eigenvalue weighted by Crippen LogP contribution is 2.14. The van der Waals surface area contributed by atoms with Crippen molar-refractivity contribution >= 4 is 17.2 Å². The Labute approximate surface area is 135 Å². The number of carbonyl (C=O) groups is 1. The number of aryl methyl sites for hydroxylation is 2. The minimum Gasteiger partial charge on any atom is -0.316 e. The molecule has 122 valence electrons. The molecular formula is C17H13F2N3O2. The molecule has 5 nitrogen and oxygen atoms in total. The maximum Gasteiger partial charge on any atom is 0.281 e. The number of nitrogens with zero attached hydrogens (tertiary/aromatic N) is 2. The van der Waals surface area contributed by atoms with E-state index in [9.17, 15) is 18.4 Å². The van der Waals surface area contributed by atoms with Crippen molar-refractivity contribution in [2.45, 2.75) is 13.8 Å². The van der Waals surface area contributed by atoms with Crippen LogP contribution in [0.15, 0.2) is 41.3 Å². The van der Waals surface area contributed by atoms with E-state index in [0.717, 1.165) is 17.7 Å². The number of nitrogens with one attached hydrogen (secondary N) is 1. The van der Waals surface area contributed by atoms with Crippen LogP contribution in [0, 0.1) is 25.5 Å². The van der Waals surface area contributed by atoms with E-state index in [2.05, 4.69) is 10.3 Å². The van der Waals surface area contributed by atoms with E-state index >= 15 is 0 Å². The molecule has 3 aromatic rings. The third-order valence-electron chi connectivity index (χ3n) is 3.57. The van der Waals surface area contributed by atoms with Gasteiger partial charge in [-0.1, -0.05) is 6.07 Å². The van der Waals surface area contributed by atoms with Gasteiger partial charge in [-0.05, 0) is 37.6 Å². The van der Waals surface area contributed by atoms with Crippen LogP contribution in [0.5, 0.6) is 0 Å². The first-order valence-corrected chi connectivity index (χ1v) is 7.13. The molecule has 7 heteroatoms. The molecule has 1 aromatic carbocycles. The zero-order chi connectivity index (χ0) is 17.4. The number of benzene rings is 1. The molecule has 0 unspecified atom stereocenters. The molecule has 24 heavy (non-hydrogen) atoms. The molecule has 0 saturated heterocycles. The maximum absolute atomic E-state index is 13.7. The second-order valence-corrected chi connectivity index (χ2v) is 5.39. The first kappa shape index (κ1) is 15.8. The summed E-state index contributed by atoms with van der Waals surface area (Å²) in [5, 5.41) is 2.37. The van der Waals surface area contributed by atoms with E-state index < -0.39 is 23.1 Å². The van der Waals surface area contributed by atoms with Crippen LogP contribution in [-0.4, -0.2) is 15.3 Å². The van der Waals surface area contributed by atoms with E-state index in [1.807, 2.05) is 13.0 Å². The van der Waals surface area contributed by atoms with Crippen LogP contribution in [0.1, 0.15) is 21.6 Å². The molecule has 0 spiro atoms. The fourth-order valence-corrected chi connectivity index (χ4v) is 2.35. The van der Waals surface area contributed by atoms with E-state index in [4.69, 9.17) is 0 Å². The monoisotopic (exact) mass is 329 g/mol. The third-order valence-corrected chi connectivity index (χ3v) is 3.57. The second-order valence-electron chi connectivity index (χ2n) is 5.39. The van der Waals surface area contributed by atoms with E-state index in [1.165, 1.54) is 4.40 Å². The lowest BCUT2D eigenvalue weighted by atomic mass is 10.2. The van der Waals surface area contributed by atoms with Gasteiger partial charge in [-0.15, -0.1) is 0 Å². The topological polar surface area (TPSA) is 63.5 Å². The van der Waals surface area contributed by atoms with Crippen molar-refractivity contribution in [2.75, 3.05) is 5.32 Å². The zero-order valence-corrected chi connectivity index (χ0v) is 12.9. The van der Waals surface area contributed by atoms with Crippen molar-refractivity contribution in [3.05, 3.63) is 75.3 Å². The highest BCUT2D eigenvalue weighted by atomic mass is 19.1. The number of pyridine rings is 1. The van der Waals surface area contributed by atoms with Crippen molar-refractivity contribution in [3.8, 4) is 0 Å². The summed E-state index contributed by atoms with van der Waals surface area (Å²) in [6.45, 7) is 3.38. The molecule has 0 saturated carbocycles. The lowest BCUT2D eigenvalue weighted by Crippen LogP contribution is -2.25. The smallest absolute Gasteiger partial charge is 0.281 e. The number of aromatic nitrogens is 2. The van der Waals surface area contributed by atoms with Gasteiger partial charge in [-0.2, -0.15) is 0 Å². The van der Waals surface area contributed by atoms with Crippen LogP contribution in [0.2, 0.25) is 0 Å². The fraction of sp³-hybridized carbons (Fsp3) is 0.118. The molecule has 0 bridgehead atoms. The summed E-state index contributed by atoms with van der Waals surface area (Å²) in [7, 11) is 0. The molecule has 2 heterocycles. The average molecular weight is 329 g/mol. The van der Waals surface area contributed by atoms with Gasteiger partial charge < -0.3 is 5.32 Å². The lowest BCUT2D eigenvalue weighted by molar-refractivity contribution is 0.102. The molecule has 0 radical (unpaired) electrons. The minimum absolute atomic E-state index is 0.0492. The molecule has 1 amide bonds. The predicted molar refractivity (Wildman–Crippen MR) is 85.2 cm³/mol. The largest absolute Gasteiger partial charge is 0.316 e. The number of fused-ring (bicyclic) bond motifs is 1. The van der Waals surface area contributed by atoms with Crippen LogP contribution < -0.4 is 10.9 Å². The van der Waals surface area contributed by atoms with Gasteiger partial charge in [0, 0.05) is 12.3 Å². The summed E-state index contributed by atoms with van der Waals surface area (Å²) in [4.78, 5) is 29.0. The van der Waals surface area contributed by atoms with Crippen LogP contribution in [0.4, 0.5) is 14.5 Å². The number of hydrogen-bond donors (Lipinski definition) is 1. The van der Waals surface area contributed by atoms with Crippen LogP contribution in [0.3, 0.4) is 0 Å². The Morgan fingerprint density at radius 1 is 1.17 bits per heavy atom. The molecule has 1 N–H and O–H groups in total. The Hall–Kier alpha value is -3.09. The number of halogens is 2. The Kier molecular flexibility index (Phi) is 3.84. The minimum atomic E-state index is -1.00. The van der Waals surface area contributed by atoms with Gasteiger partial charge in [-0.25, -0.2) is 13.8 Å². The summed E-state index contributed by atoms with van der Waals surface area (Å²) >= 11 is 0. The van der Waals surface area contributed by atoms with E-state index in [0.29, 0.717) is 17.4 Å². The molecule has 0 fully saturated rings. The Morgan fingerprint density at radius 3 is 2.62 bits per heavy atom. The normalized spacial score (nSPS) is 10.8. The SMILES string of the molecule is Cc1ccc2nc(C)c(NC(=O)c3ccc(F)cc3F)c(=O)n2c1. The van der Waals surface area contributed by atoms with Crippen LogP contribution in [0.25, 0.3) is 5.65 Å². The third kappa shape index (κ3) is 2.76. The van der Waals surface area contributed by atoms with Gasteiger partial charge in [0.15, 0.2) is 0 Å². The van der Waals surface area contributed by atoms with Crippen LogP contribution in [-0.2, 0) is 0 Å². The predicted octanol–water partition coefficient (Wildman–Crippen LogP) is 2.84. The van der Waals surface area contributed by atoms with Gasteiger partial charge in [0.1, 0.15) is 23.0 Å². The van der Waals surface area contributed by atoms with Crippen molar-refractivity contribution in [1.29, 1.82) is 0 Å². The van der Waals surface area contributed by atoms with Crippen molar-refractivity contribution in [3.63, 3.8) is 0 Å². The Bertz CT molecular complexity index is 1030. The maximum atomic E-state index is 13.7. The lowest BCUT2D eigenvalue weighted by Gasteiger charge is -2.10. The summed E-state index contributed by atoms with van der Waals surface area (Å²) in [6.07, 6.45) is 1.60. The number of anilines is 1. The molecule has 3 rings (SSSR count). The number of hydrogen-bond acceptors (Lipinski definition) is 3. The summed E-state index contributed by atoms with van der Waals surface area (Å²) in [6, 6.07) is 6.10. The van der Waals surface area contributed by atoms with Crippen molar-refractivity contribution < 1.29 is 13.6 Å². The van der Waals surface area contributed by atoms with Crippen LogP contribution >= 0.6 is 0 Å². The van der Waals surface area contributed by atoms with Gasteiger partial charge in [0.2, 0.25) is 0 Å². The Morgan fingerprint density at radius 2 is 1.92 bits per heavy atom. The molecule has 0 aliphatic carbocycles. The average Bonchev–Trinajstić information content (AvgIpc) is 2.52. The number of amides is 1. The van der Waals surface area contributed by atoms with Gasteiger partial charge in [0.25, 0.3) is 11.5 Å². The molecular weight excluding hydrogens is 316 g/mol. The standard InChI is InChI=1S/C17H13F2N3O2/c1-9-3-6-14-20-10(2)15(17(24)22(14)8-9)21-16(23)12-5-4-11(18)7-13(12)19/h3-8H,1-2H3,(H,21,23). The van der Waals surface area contributed by atoms with E-state index in [-0.39, 0.29) is 11.3 Å². The molecule has 2 aromatic heterocycles. The van der Waals surface area contributed by atoms with Crippen molar-refractivity contribution in [1.82, 2.24) is 9.38 Å². The highest BCUT2D eigenvalue weighted by Gasteiger charge is 2.17. The Balaban J connectivity index is 2.06. The van der Waals surface area contributed by atoms with Crippen molar-refractivity contribution in [2.24, 2.45) is 0 Å². The summed E-state index contributed by atoms with van der Waals surface area (Å²) in [5.74, 6) is -2.64. The van der Waals surface area contributed by atoms with Gasteiger partial charge in [-0.3, -0.25) is 14.0 Å². The van der Waals surface area contributed by atoms with Gasteiger partial charge >= 0.3 is 0 Å². The molecule has 0 aliphatic rings.